The molecule has 0 saturated carbocycles. The Bertz CT molecular complexity index is 2300. The first-order chi connectivity index (χ1) is 27.8. The SMILES string of the molecule is C=Cc1c2[n-]c(c1C)/C=C1\[N-]/C(=C3\c4[n-]c(c(C)c4C(=O)[C@@H]3C(=O)OC)/C=c3\[n-]/c(c(C)c3CC)=C\2)[C@@H](CCC(=O)OC/C=C\CCC[C@H](C)CCCC(C)C)[C@@H]1C.[Mg+2]. The fourth-order valence-corrected chi connectivity index (χ4v) is 8.92. The monoisotopic (exact) mass is 808 g/mol. The van der Waals surface area contributed by atoms with Crippen molar-refractivity contribution in [3.8, 4) is 0 Å². The number of Topliss-reactive ketones (excluding diaryl/α,β-unsaturated/α-hetero) is 1. The third-order valence-electron chi connectivity index (χ3n) is 12.5. The summed E-state index contributed by atoms with van der Waals surface area (Å²) in [5.74, 6) is -1.55. The zero-order valence-corrected chi connectivity index (χ0v) is 38.1. The minimum Gasteiger partial charge on any atom is -0.664 e. The molecule has 4 atom stereocenters. The summed E-state index contributed by atoms with van der Waals surface area (Å²) in [4.78, 5) is 56.2. The smallest absolute Gasteiger partial charge is 0.664 e. The van der Waals surface area contributed by atoms with Crippen LogP contribution in [0.25, 0.3) is 35.2 Å². The summed E-state index contributed by atoms with van der Waals surface area (Å²) >= 11 is 0. The molecule has 5 heterocycles. The molecule has 0 amide bonds. The summed E-state index contributed by atoms with van der Waals surface area (Å²) < 4.78 is 10.9. The number of allylic oxidation sites excluding steroid dienone is 3. The molecule has 310 valence electrons. The molecule has 1 aliphatic carbocycles. The summed E-state index contributed by atoms with van der Waals surface area (Å²) in [7, 11) is 1.29. The average molecular weight is 809 g/mol. The molecule has 9 nitrogen and oxygen atoms in total. The third-order valence-corrected chi connectivity index (χ3v) is 12.5. The van der Waals surface area contributed by atoms with Crippen molar-refractivity contribution in [3.63, 3.8) is 0 Å². The van der Waals surface area contributed by atoms with Gasteiger partial charge in [-0.15, -0.1) is 33.5 Å². The van der Waals surface area contributed by atoms with E-state index in [9.17, 15) is 14.4 Å². The van der Waals surface area contributed by atoms with Crippen molar-refractivity contribution in [1.82, 2.24) is 15.0 Å². The summed E-state index contributed by atoms with van der Waals surface area (Å²) in [5.41, 5.74) is 9.45. The molecular formula is C49H60MgN4O5-2. The number of carbonyl (C=O) groups excluding carboxylic acids is 3. The molecule has 6 rings (SSSR count). The van der Waals surface area contributed by atoms with Crippen LogP contribution in [0, 0.1) is 50.4 Å². The Kier molecular flexibility index (Phi) is 15.4. The predicted octanol–water partition coefficient (Wildman–Crippen LogP) is 8.17. The van der Waals surface area contributed by atoms with Crippen molar-refractivity contribution < 1.29 is 23.9 Å². The quantitative estimate of drug-likeness (QED) is 0.0467. The Labute approximate surface area is 366 Å². The van der Waals surface area contributed by atoms with Crippen molar-refractivity contribution in [2.75, 3.05) is 13.7 Å². The number of unbranched alkanes of at least 4 members (excludes halogenated alkanes) is 1. The summed E-state index contributed by atoms with van der Waals surface area (Å²) in [6.07, 6.45) is 20.2. The zero-order valence-electron chi connectivity index (χ0n) is 36.7. The molecular weight excluding hydrogens is 749 g/mol. The van der Waals surface area contributed by atoms with Gasteiger partial charge in [-0.1, -0.05) is 131 Å². The van der Waals surface area contributed by atoms with E-state index in [-0.39, 0.29) is 59.7 Å². The van der Waals surface area contributed by atoms with Crippen LogP contribution >= 0.6 is 0 Å². The number of ether oxygens (including phenoxy) is 2. The number of hydrogen-bond acceptors (Lipinski definition) is 5. The van der Waals surface area contributed by atoms with Crippen LogP contribution in [0.3, 0.4) is 0 Å². The van der Waals surface area contributed by atoms with E-state index in [1.165, 1.54) is 32.8 Å². The van der Waals surface area contributed by atoms with Crippen molar-refractivity contribution in [1.29, 1.82) is 0 Å². The van der Waals surface area contributed by atoms with Gasteiger partial charge in [0.2, 0.25) is 0 Å². The number of methoxy groups -OCH3 is 1. The Morgan fingerprint density at radius 1 is 0.898 bits per heavy atom. The fraction of sp³-hybridized carbons (Fsp3) is 0.490. The van der Waals surface area contributed by atoms with Gasteiger partial charge < -0.3 is 29.7 Å². The molecule has 0 aromatic carbocycles. The maximum absolute atomic E-state index is 14.3. The summed E-state index contributed by atoms with van der Waals surface area (Å²) in [6, 6.07) is 0. The van der Waals surface area contributed by atoms with Crippen LogP contribution in [0.15, 0.2) is 30.1 Å². The second-order valence-electron chi connectivity index (χ2n) is 16.8. The Morgan fingerprint density at radius 3 is 2.31 bits per heavy atom. The fourth-order valence-electron chi connectivity index (χ4n) is 8.92. The second-order valence-corrected chi connectivity index (χ2v) is 16.8. The predicted molar refractivity (Wildman–Crippen MR) is 237 cm³/mol. The largest absolute Gasteiger partial charge is 2.00 e. The molecule has 0 unspecified atom stereocenters. The van der Waals surface area contributed by atoms with Gasteiger partial charge in [0.05, 0.1) is 7.11 Å². The molecule has 0 N–H and O–H groups in total. The maximum atomic E-state index is 14.3. The standard InChI is InChI=1S/C49H61N4O5.Mg/c1-11-33-29(6)36-24-38-31(8)35(21-22-42(54)58-23-16-14-13-15-19-28(5)20-17-18-27(3)4)46(52-38)44-45(49(56)57-10)48(55)43-32(9)39(53-47(43)44)26-41-34(12-2)30(7)37(51-41)25-40(33)50-36;/h11,14,16,24-28,31,35,45H,1,12-13,15,17-23H2,2-10H3,(H-,52,53,55);/q-3;+2/p-1/b16-14-,37-25-,38-24-,41-26-;/t28-,31-,35-,45+;/m0./s1. The number of rotatable bonds is 16. The minimum absolute atomic E-state index is 0. The first kappa shape index (κ1) is 45.8. The molecule has 0 radical (unpaired) electrons. The molecule has 3 aromatic rings. The first-order valence-electron chi connectivity index (χ1n) is 21.2. The van der Waals surface area contributed by atoms with Crippen LogP contribution in [0.1, 0.15) is 147 Å². The van der Waals surface area contributed by atoms with E-state index in [0.29, 0.717) is 40.2 Å². The van der Waals surface area contributed by atoms with Gasteiger partial charge in [-0.25, -0.2) is 0 Å². The van der Waals surface area contributed by atoms with Gasteiger partial charge in [-0.2, -0.15) is 11.4 Å². The number of ketones is 1. The summed E-state index contributed by atoms with van der Waals surface area (Å²) in [6.45, 7) is 21.3. The van der Waals surface area contributed by atoms with Gasteiger partial charge >= 0.3 is 35.0 Å². The van der Waals surface area contributed by atoms with Crippen molar-refractivity contribution in [2.45, 2.75) is 113 Å². The van der Waals surface area contributed by atoms with Crippen LogP contribution in [-0.4, -0.2) is 54.5 Å². The van der Waals surface area contributed by atoms with Crippen LogP contribution in [0.4, 0.5) is 0 Å². The molecule has 3 aromatic heterocycles. The van der Waals surface area contributed by atoms with Gasteiger partial charge in [-0.3, -0.25) is 14.4 Å². The van der Waals surface area contributed by atoms with Crippen LogP contribution in [0.5, 0.6) is 0 Å². The van der Waals surface area contributed by atoms with E-state index in [1.807, 2.05) is 44.2 Å². The number of esters is 2. The normalized spacial score (nSPS) is 21.9. The van der Waals surface area contributed by atoms with Gasteiger partial charge in [0.1, 0.15) is 12.5 Å². The van der Waals surface area contributed by atoms with Crippen molar-refractivity contribution in [2.24, 2.45) is 29.6 Å². The molecule has 1 saturated heterocycles. The Balaban J connectivity index is 0.00000661. The van der Waals surface area contributed by atoms with E-state index in [4.69, 9.17) is 29.7 Å². The topological polar surface area (TPSA) is 126 Å². The first-order valence-corrected chi connectivity index (χ1v) is 21.2. The Hall–Kier alpha value is -4.28. The van der Waals surface area contributed by atoms with Gasteiger partial charge in [0.15, 0.2) is 5.78 Å². The maximum Gasteiger partial charge on any atom is 2.00 e. The summed E-state index contributed by atoms with van der Waals surface area (Å²) in [5, 5.41) is 6.81. The van der Waals surface area contributed by atoms with E-state index in [1.54, 1.807) is 0 Å². The minimum atomic E-state index is -1.22. The second kappa shape index (κ2) is 19.9. The molecule has 10 heteroatoms. The van der Waals surface area contributed by atoms with Crippen LogP contribution < -0.4 is 25.7 Å². The molecule has 59 heavy (non-hydrogen) atoms. The average Bonchev–Trinajstić information content (AvgIpc) is 3.93. The number of fused-ring (bicyclic) bond motifs is 7. The van der Waals surface area contributed by atoms with Crippen molar-refractivity contribution >= 4 is 70.7 Å². The van der Waals surface area contributed by atoms with Gasteiger partial charge in [0, 0.05) is 12.0 Å². The van der Waals surface area contributed by atoms with E-state index in [0.717, 1.165) is 81.1 Å². The van der Waals surface area contributed by atoms with Gasteiger partial charge in [-0.05, 0) is 75.7 Å². The number of nitrogens with zero attached hydrogens (tertiary/aromatic N) is 4. The van der Waals surface area contributed by atoms with Gasteiger partial charge in [0.25, 0.3) is 0 Å². The van der Waals surface area contributed by atoms with Crippen molar-refractivity contribution in [3.05, 3.63) is 102 Å². The van der Waals surface area contributed by atoms with E-state index in [2.05, 4.69) is 54.2 Å². The Morgan fingerprint density at radius 2 is 1.61 bits per heavy atom. The molecule has 0 spiro atoms. The molecule has 8 bridgehead atoms. The van der Waals surface area contributed by atoms with Crippen LogP contribution in [0.2, 0.25) is 0 Å². The number of aromatic nitrogens is 3. The van der Waals surface area contributed by atoms with Crippen LogP contribution in [-0.2, 0) is 25.5 Å². The van der Waals surface area contributed by atoms with E-state index >= 15 is 0 Å². The number of hydrogen-bond donors (Lipinski definition) is 0. The molecule has 2 aliphatic heterocycles. The third kappa shape index (κ3) is 9.54. The number of carbonyl (C=O) groups is 3. The zero-order chi connectivity index (χ0) is 41.8. The molecule has 1 fully saturated rings. The molecule has 3 aliphatic rings. The van der Waals surface area contributed by atoms with E-state index < -0.39 is 11.9 Å².